The highest BCUT2D eigenvalue weighted by Crippen LogP contribution is 2.24. The second-order valence-electron chi connectivity index (χ2n) is 5.52. The van der Waals surface area contributed by atoms with Crippen molar-refractivity contribution in [2.75, 3.05) is 13.2 Å². The number of ether oxygens (including phenoxy) is 1. The van der Waals surface area contributed by atoms with E-state index in [1.165, 1.54) is 0 Å². The van der Waals surface area contributed by atoms with E-state index in [2.05, 4.69) is 5.32 Å². The second-order valence-corrected chi connectivity index (χ2v) is 5.52. The predicted octanol–water partition coefficient (Wildman–Crippen LogP) is 1.60. The van der Waals surface area contributed by atoms with Gasteiger partial charge in [0.15, 0.2) is 0 Å². The predicted molar refractivity (Wildman–Crippen MR) is 64.7 cm³/mol. The number of hydrogen-bond donors (Lipinski definition) is 2. The van der Waals surface area contributed by atoms with Gasteiger partial charge in [-0.1, -0.05) is 0 Å². The quantitative estimate of drug-likeness (QED) is 0.823. The lowest BCUT2D eigenvalue weighted by Gasteiger charge is -2.37. The van der Waals surface area contributed by atoms with Gasteiger partial charge in [-0.15, -0.1) is 0 Å². The standard InChI is InChI=1S/C12H21F3N2O2/c1-8(10(18)16-7-12(13,14)15)17-9-4-5-19-11(2,3)6-9/h8-9,17H,4-7H2,1-3H3,(H,16,18). The molecule has 7 heteroatoms. The molecule has 2 N–H and O–H groups in total. The van der Waals surface area contributed by atoms with E-state index in [1.807, 2.05) is 19.2 Å². The van der Waals surface area contributed by atoms with Crippen LogP contribution in [0.4, 0.5) is 13.2 Å². The molecule has 1 aliphatic heterocycles. The lowest BCUT2D eigenvalue weighted by atomic mass is 9.93. The molecule has 1 aliphatic rings. The average molecular weight is 282 g/mol. The second kappa shape index (κ2) is 6.09. The fraction of sp³-hybridized carbons (Fsp3) is 0.917. The molecule has 1 rings (SSSR count). The third-order valence-electron chi connectivity index (χ3n) is 3.04. The minimum atomic E-state index is -4.38. The van der Waals surface area contributed by atoms with Crippen molar-refractivity contribution in [3.63, 3.8) is 0 Å². The van der Waals surface area contributed by atoms with E-state index in [1.54, 1.807) is 6.92 Å². The highest BCUT2D eigenvalue weighted by molar-refractivity contribution is 5.81. The summed E-state index contributed by atoms with van der Waals surface area (Å²) >= 11 is 0. The number of amides is 1. The molecule has 2 atom stereocenters. The summed E-state index contributed by atoms with van der Waals surface area (Å²) in [6.07, 6.45) is -2.90. The van der Waals surface area contributed by atoms with Gasteiger partial charge >= 0.3 is 6.18 Å². The molecule has 4 nitrogen and oxygen atoms in total. The Morgan fingerprint density at radius 3 is 2.63 bits per heavy atom. The zero-order valence-corrected chi connectivity index (χ0v) is 11.4. The fourth-order valence-corrected chi connectivity index (χ4v) is 2.14. The SMILES string of the molecule is CC(NC1CCOC(C)(C)C1)C(=O)NCC(F)(F)F. The molecule has 0 aromatic carbocycles. The van der Waals surface area contributed by atoms with Crippen molar-refractivity contribution in [1.82, 2.24) is 10.6 Å². The Morgan fingerprint density at radius 1 is 1.47 bits per heavy atom. The van der Waals surface area contributed by atoms with E-state index in [4.69, 9.17) is 4.74 Å². The van der Waals surface area contributed by atoms with Crippen LogP contribution in [0, 0.1) is 0 Å². The van der Waals surface area contributed by atoms with Crippen LogP contribution in [-0.4, -0.2) is 42.9 Å². The Labute approximate surface area is 111 Å². The molecule has 2 unspecified atom stereocenters. The van der Waals surface area contributed by atoms with Crippen LogP contribution in [0.25, 0.3) is 0 Å². The van der Waals surface area contributed by atoms with Crippen molar-refractivity contribution in [2.24, 2.45) is 0 Å². The van der Waals surface area contributed by atoms with Crippen LogP contribution in [0.15, 0.2) is 0 Å². The molecule has 1 saturated heterocycles. The van der Waals surface area contributed by atoms with Gasteiger partial charge in [-0.3, -0.25) is 4.79 Å². The van der Waals surface area contributed by atoms with Crippen LogP contribution >= 0.6 is 0 Å². The maximum atomic E-state index is 12.0. The summed E-state index contributed by atoms with van der Waals surface area (Å²) in [6.45, 7) is 4.76. The van der Waals surface area contributed by atoms with Crippen molar-refractivity contribution in [1.29, 1.82) is 0 Å². The van der Waals surface area contributed by atoms with Gasteiger partial charge in [0.25, 0.3) is 0 Å². The van der Waals surface area contributed by atoms with Gasteiger partial charge in [-0.05, 0) is 33.6 Å². The summed E-state index contributed by atoms with van der Waals surface area (Å²) < 4.78 is 41.5. The van der Waals surface area contributed by atoms with E-state index in [0.29, 0.717) is 6.61 Å². The van der Waals surface area contributed by atoms with Gasteiger partial charge in [-0.25, -0.2) is 0 Å². The smallest absolute Gasteiger partial charge is 0.375 e. The van der Waals surface area contributed by atoms with Gasteiger partial charge in [0.2, 0.25) is 5.91 Å². The molecular formula is C12H21F3N2O2. The first-order valence-corrected chi connectivity index (χ1v) is 6.33. The molecular weight excluding hydrogens is 261 g/mol. The number of nitrogens with one attached hydrogen (secondary N) is 2. The van der Waals surface area contributed by atoms with Crippen LogP contribution in [0.1, 0.15) is 33.6 Å². The number of carbonyl (C=O) groups excluding carboxylic acids is 1. The van der Waals surface area contributed by atoms with Gasteiger partial charge < -0.3 is 15.4 Å². The summed E-state index contributed by atoms with van der Waals surface area (Å²) in [5.41, 5.74) is -0.266. The average Bonchev–Trinajstić information content (AvgIpc) is 2.23. The number of halogens is 3. The first-order chi connectivity index (χ1) is 8.59. The van der Waals surface area contributed by atoms with E-state index < -0.39 is 24.7 Å². The summed E-state index contributed by atoms with van der Waals surface area (Å²) in [5, 5.41) is 4.93. The number of hydrogen-bond acceptors (Lipinski definition) is 3. The van der Waals surface area contributed by atoms with Crippen LogP contribution in [0.5, 0.6) is 0 Å². The number of rotatable bonds is 4. The third kappa shape index (κ3) is 6.24. The minimum absolute atomic E-state index is 0.0791. The first kappa shape index (κ1) is 16.2. The minimum Gasteiger partial charge on any atom is -0.375 e. The topological polar surface area (TPSA) is 50.4 Å². The summed E-state index contributed by atoms with van der Waals surface area (Å²) in [6, 6.07) is -0.573. The lowest BCUT2D eigenvalue weighted by molar-refractivity contribution is -0.139. The van der Waals surface area contributed by atoms with Crippen LogP contribution in [0.2, 0.25) is 0 Å². The molecule has 0 spiro atoms. The van der Waals surface area contributed by atoms with E-state index in [-0.39, 0.29) is 11.6 Å². The van der Waals surface area contributed by atoms with Crippen molar-refractivity contribution in [3.8, 4) is 0 Å². The third-order valence-corrected chi connectivity index (χ3v) is 3.04. The molecule has 1 heterocycles. The molecule has 1 fully saturated rings. The van der Waals surface area contributed by atoms with Crippen LogP contribution in [0.3, 0.4) is 0 Å². The summed E-state index contributed by atoms with van der Waals surface area (Å²) in [5.74, 6) is -0.637. The van der Waals surface area contributed by atoms with E-state index >= 15 is 0 Å². The van der Waals surface area contributed by atoms with Crippen molar-refractivity contribution in [3.05, 3.63) is 0 Å². The molecule has 19 heavy (non-hydrogen) atoms. The molecule has 0 saturated carbocycles. The lowest BCUT2D eigenvalue weighted by Crippen LogP contribution is -2.52. The molecule has 0 bridgehead atoms. The Balaban J connectivity index is 2.37. The number of alkyl halides is 3. The van der Waals surface area contributed by atoms with Gasteiger partial charge in [0, 0.05) is 12.6 Å². The van der Waals surface area contributed by atoms with E-state index in [0.717, 1.165) is 12.8 Å². The molecule has 0 aromatic heterocycles. The van der Waals surface area contributed by atoms with Crippen LogP contribution < -0.4 is 10.6 Å². The highest BCUT2D eigenvalue weighted by Gasteiger charge is 2.32. The van der Waals surface area contributed by atoms with Gasteiger partial charge in [0.05, 0.1) is 11.6 Å². The highest BCUT2D eigenvalue weighted by atomic mass is 19.4. The molecule has 0 radical (unpaired) electrons. The fourth-order valence-electron chi connectivity index (χ4n) is 2.14. The van der Waals surface area contributed by atoms with Crippen molar-refractivity contribution >= 4 is 5.91 Å². The molecule has 0 aliphatic carbocycles. The Morgan fingerprint density at radius 2 is 2.11 bits per heavy atom. The van der Waals surface area contributed by atoms with Crippen molar-refractivity contribution < 1.29 is 22.7 Å². The summed E-state index contributed by atoms with van der Waals surface area (Å²) in [4.78, 5) is 11.5. The van der Waals surface area contributed by atoms with E-state index in [9.17, 15) is 18.0 Å². The first-order valence-electron chi connectivity index (χ1n) is 6.33. The Hall–Kier alpha value is -0.820. The Kier molecular flexibility index (Phi) is 5.20. The molecule has 112 valence electrons. The molecule has 1 amide bonds. The summed E-state index contributed by atoms with van der Waals surface area (Å²) in [7, 11) is 0. The van der Waals surface area contributed by atoms with Gasteiger partial charge in [0.1, 0.15) is 6.54 Å². The number of carbonyl (C=O) groups is 1. The monoisotopic (exact) mass is 282 g/mol. The zero-order chi connectivity index (χ0) is 14.7. The largest absolute Gasteiger partial charge is 0.405 e. The van der Waals surface area contributed by atoms with Crippen LogP contribution in [-0.2, 0) is 9.53 Å². The molecule has 0 aromatic rings. The van der Waals surface area contributed by atoms with Crippen molar-refractivity contribution in [2.45, 2.75) is 57.5 Å². The normalized spacial score (nSPS) is 24.8. The maximum Gasteiger partial charge on any atom is 0.405 e. The van der Waals surface area contributed by atoms with Gasteiger partial charge in [-0.2, -0.15) is 13.2 Å². The Bertz CT molecular complexity index is 319. The zero-order valence-electron chi connectivity index (χ0n) is 11.4. The maximum absolute atomic E-state index is 12.0.